The quantitative estimate of drug-likeness (QED) is 0.450. The number of sulfonamides is 1. The van der Waals surface area contributed by atoms with E-state index in [1.807, 2.05) is 19.9 Å². The molecule has 0 aliphatic heterocycles. The van der Waals surface area contributed by atoms with E-state index in [-0.39, 0.29) is 45.6 Å². The van der Waals surface area contributed by atoms with Crippen molar-refractivity contribution in [3.05, 3.63) is 23.3 Å². The zero-order valence-corrected chi connectivity index (χ0v) is 27.9. The molecule has 0 aromatic rings. The topological polar surface area (TPSA) is 116 Å². The van der Waals surface area contributed by atoms with Gasteiger partial charge >= 0.3 is 0 Å². The molecular formula is C34H50N2O5S. The summed E-state index contributed by atoms with van der Waals surface area (Å²) in [6, 6.07) is 2.14. The molecule has 0 bridgehead atoms. The summed E-state index contributed by atoms with van der Waals surface area (Å²) in [5, 5.41) is 22.9. The molecule has 3 saturated carbocycles. The van der Waals surface area contributed by atoms with Crippen LogP contribution in [0.25, 0.3) is 0 Å². The molecule has 0 spiro atoms. The van der Waals surface area contributed by atoms with Gasteiger partial charge in [0.25, 0.3) is 0 Å². The monoisotopic (exact) mass is 598 g/mol. The molecule has 8 heteroatoms. The summed E-state index contributed by atoms with van der Waals surface area (Å²) in [6.45, 7) is 16.6. The summed E-state index contributed by atoms with van der Waals surface area (Å²) in [5.41, 5.74) is -3.78. The normalized spacial score (nSPS) is 46.4. The van der Waals surface area contributed by atoms with E-state index in [1.54, 1.807) is 20.0 Å². The minimum absolute atomic E-state index is 0.0390. The van der Waals surface area contributed by atoms with Crippen LogP contribution in [-0.4, -0.2) is 54.3 Å². The number of ketones is 2. The second kappa shape index (κ2) is 9.11. The maximum Gasteiger partial charge on any atom is 0.213 e. The van der Waals surface area contributed by atoms with Crippen LogP contribution in [0.3, 0.4) is 0 Å². The fourth-order valence-corrected chi connectivity index (χ4v) is 11.8. The fraction of sp³-hybridized carbons (Fsp3) is 0.794. The smallest absolute Gasteiger partial charge is 0.213 e. The zero-order valence-electron chi connectivity index (χ0n) is 27.1. The minimum Gasteiger partial charge on any atom is -0.381 e. The number of carbonyl (C=O) groups excluding carboxylic acids is 2. The Hall–Kier alpha value is -1.82. The summed E-state index contributed by atoms with van der Waals surface area (Å²) < 4.78 is 26.8. The number of Topliss-reactive ketones (excluding diaryl/α,β-unsaturated/α-hetero) is 1. The summed E-state index contributed by atoms with van der Waals surface area (Å²) in [7, 11) is -1.73. The highest BCUT2D eigenvalue weighted by atomic mass is 32.2. The first-order valence-corrected chi connectivity index (χ1v) is 17.3. The van der Waals surface area contributed by atoms with Crippen LogP contribution in [0, 0.1) is 55.7 Å². The van der Waals surface area contributed by atoms with Crippen molar-refractivity contribution in [3.63, 3.8) is 0 Å². The largest absolute Gasteiger partial charge is 0.381 e. The van der Waals surface area contributed by atoms with Gasteiger partial charge in [-0.3, -0.25) is 9.59 Å². The average Bonchev–Trinajstić information content (AvgIpc) is 2.91. The highest BCUT2D eigenvalue weighted by Crippen LogP contribution is 2.75. The summed E-state index contributed by atoms with van der Waals surface area (Å²) >= 11 is 0. The van der Waals surface area contributed by atoms with Gasteiger partial charge in [-0.25, -0.2) is 12.7 Å². The maximum atomic E-state index is 14.6. The van der Waals surface area contributed by atoms with Crippen molar-refractivity contribution in [2.24, 2.45) is 44.3 Å². The number of rotatable bonds is 4. The molecular weight excluding hydrogens is 548 g/mol. The van der Waals surface area contributed by atoms with Crippen LogP contribution in [0.4, 0.5) is 0 Å². The first-order valence-electron chi connectivity index (χ1n) is 15.7. The summed E-state index contributed by atoms with van der Waals surface area (Å²) in [5.74, 6) is -0.735. The summed E-state index contributed by atoms with van der Waals surface area (Å²) in [6.07, 6.45) is 8.87. The van der Waals surface area contributed by atoms with Crippen molar-refractivity contribution in [2.75, 3.05) is 19.3 Å². The lowest BCUT2D eigenvalue weighted by atomic mass is 9.33. The van der Waals surface area contributed by atoms with Crippen LogP contribution in [0.2, 0.25) is 0 Å². The third-order valence-corrected chi connectivity index (χ3v) is 15.6. The molecule has 0 unspecified atom stereocenters. The van der Waals surface area contributed by atoms with E-state index in [4.69, 9.17) is 0 Å². The number of hydrogen-bond donors (Lipinski definition) is 1. The van der Waals surface area contributed by atoms with E-state index >= 15 is 0 Å². The number of nitrogens with zero attached hydrogens (tertiary/aromatic N) is 2. The van der Waals surface area contributed by atoms with Crippen molar-refractivity contribution < 1.29 is 23.1 Å². The van der Waals surface area contributed by atoms with Gasteiger partial charge in [0.1, 0.15) is 11.7 Å². The molecule has 42 heavy (non-hydrogen) atoms. The van der Waals surface area contributed by atoms with Crippen LogP contribution in [0.1, 0.15) is 100 Å². The highest BCUT2D eigenvalue weighted by Gasteiger charge is 2.75. The summed E-state index contributed by atoms with van der Waals surface area (Å²) in [4.78, 5) is 27.9. The number of aliphatic hydroxyl groups is 1. The maximum absolute atomic E-state index is 14.6. The Morgan fingerprint density at radius 3 is 2.21 bits per heavy atom. The Morgan fingerprint density at radius 2 is 1.62 bits per heavy atom. The Bertz CT molecular complexity index is 1460. The van der Waals surface area contributed by atoms with E-state index in [1.165, 1.54) is 4.31 Å². The van der Waals surface area contributed by atoms with Crippen LogP contribution in [0.15, 0.2) is 23.3 Å². The van der Waals surface area contributed by atoms with Crippen LogP contribution in [0.5, 0.6) is 0 Å². The molecule has 5 aliphatic carbocycles. The van der Waals surface area contributed by atoms with E-state index in [2.05, 4.69) is 40.7 Å². The molecule has 5 aliphatic rings. The molecule has 8 atom stereocenters. The van der Waals surface area contributed by atoms with Gasteiger partial charge in [0.15, 0.2) is 11.6 Å². The minimum atomic E-state index is -3.36. The number of allylic oxidation sites excluding steroid dienone is 3. The first kappa shape index (κ1) is 31.6. The van der Waals surface area contributed by atoms with E-state index in [0.717, 1.165) is 37.7 Å². The molecule has 7 nitrogen and oxygen atoms in total. The van der Waals surface area contributed by atoms with Crippen molar-refractivity contribution in [1.82, 2.24) is 4.31 Å². The van der Waals surface area contributed by atoms with Crippen LogP contribution in [-0.2, 0) is 19.6 Å². The van der Waals surface area contributed by atoms with Gasteiger partial charge in [-0.2, -0.15) is 5.26 Å². The van der Waals surface area contributed by atoms with Crippen molar-refractivity contribution in [1.29, 1.82) is 5.26 Å². The van der Waals surface area contributed by atoms with E-state index in [0.29, 0.717) is 19.4 Å². The molecule has 0 amide bonds. The van der Waals surface area contributed by atoms with Gasteiger partial charge in [-0.15, -0.1) is 0 Å². The second-order valence-corrected chi connectivity index (χ2v) is 18.7. The third kappa shape index (κ3) is 3.78. The van der Waals surface area contributed by atoms with Crippen LogP contribution < -0.4 is 0 Å². The molecule has 0 radical (unpaired) electrons. The van der Waals surface area contributed by atoms with E-state index < -0.39 is 37.3 Å². The second-order valence-electron chi connectivity index (χ2n) is 16.3. The Balaban J connectivity index is 1.64. The number of nitriles is 1. The molecule has 0 aromatic heterocycles. The van der Waals surface area contributed by atoms with E-state index in [9.17, 15) is 28.4 Å². The zero-order chi connectivity index (χ0) is 31.5. The Morgan fingerprint density at radius 1 is 1.00 bits per heavy atom. The lowest BCUT2D eigenvalue weighted by Gasteiger charge is -2.71. The predicted molar refractivity (Wildman–Crippen MR) is 162 cm³/mol. The SMILES string of the molecule is CCS(=O)(=O)N(C)C[C@@]1(C)CC[C@]2(C)CC[C@@]3(C)[C@]4(C)CC[C@H]5C(C)(C)C(=O)C(C#N)=C[C@]5(C)C4=CC(=O)[C@]3(O)[C@@H]2C1. The highest BCUT2D eigenvalue weighted by molar-refractivity contribution is 7.89. The molecule has 0 heterocycles. The third-order valence-electron chi connectivity index (χ3n) is 13.8. The van der Waals surface area contributed by atoms with Crippen molar-refractivity contribution in [3.8, 4) is 6.07 Å². The van der Waals surface area contributed by atoms with Gasteiger partial charge in [0, 0.05) is 35.8 Å². The fourth-order valence-electron chi connectivity index (χ4n) is 10.8. The van der Waals surface area contributed by atoms with Gasteiger partial charge in [0.05, 0.1) is 11.3 Å². The van der Waals surface area contributed by atoms with Gasteiger partial charge in [-0.1, -0.05) is 54.5 Å². The average molecular weight is 599 g/mol. The number of fused-ring (bicyclic) bond motifs is 7. The standard InChI is InChI=1S/C34H50N2O5S/c1-10-42(40,41)36(9)21-29(4)13-14-30(5)15-16-33(8)32(7)12-11-23-28(2,3)27(38)22(20-35)18-31(23,6)24(32)17-26(37)34(33,39)25(30)19-29/h17-18,23,25,39H,10-16,19,21H2,1-9H3/t23-,25+,29-,30+,31-,32+,33-,34+/m0/s1. The molecule has 0 aromatic carbocycles. The molecule has 3 fully saturated rings. The molecule has 232 valence electrons. The lowest BCUT2D eigenvalue weighted by Crippen LogP contribution is -2.74. The lowest BCUT2D eigenvalue weighted by molar-refractivity contribution is -0.243. The number of hydrogen-bond acceptors (Lipinski definition) is 6. The Labute approximate surface area is 252 Å². The molecule has 0 saturated heterocycles. The first-order chi connectivity index (χ1) is 19.1. The molecule has 5 rings (SSSR count). The number of carbonyl (C=O) groups is 2. The van der Waals surface area contributed by atoms with Gasteiger partial charge in [-0.05, 0) is 85.7 Å². The molecule has 1 N–H and O–H groups in total. The van der Waals surface area contributed by atoms with Gasteiger partial charge < -0.3 is 5.11 Å². The predicted octanol–water partition coefficient (Wildman–Crippen LogP) is 5.60. The van der Waals surface area contributed by atoms with Gasteiger partial charge in [0.2, 0.25) is 10.0 Å². The van der Waals surface area contributed by atoms with Crippen LogP contribution >= 0.6 is 0 Å². The Kier molecular flexibility index (Phi) is 6.85. The van der Waals surface area contributed by atoms with Crippen molar-refractivity contribution >= 4 is 21.6 Å². The van der Waals surface area contributed by atoms with Crippen molar-refractivity contribution in [2.45, 2.75) is 106 Å².